The van der Waals surface area contributed by atoms with Gasteiger partial charge in [-0.15, -0.1) is 0 Å². The number of benzene rings is 2. The minimum Gasteiger partial charge on any atom is -0.352 e. The Balaban J connectivity index is 1.51. The molecule has 1 amide bonds. The van der Waals surface area contributed by atoms with E-state index in [4.69, 9.17) is 12.2 Å². The number of amides is 1. The van der Waals surface area contributed by atoms with Gasteiger partial charge < -0.3 is 20.1 Å². The third kappa shape index (κ3) is 4.40. The lowest BCUT2D eigenvalue weighted by Gasteiger charge is -2.28. The van der Waals surface area contributed by atoms with E-state index in [-0.39, 0.29) is 30.4 Å². The van der Waals surface area contributed by atoms with E-state index in [0.717, 1.165) is 22.8 Å². The van der Waals surface area contributed by atoms with E-state index in [2.05, 4.69) is 15.6 Å². The van der Waals surface area contributed by atoms with Crippen molar-refractivity contribution < 1.29 is 9.18 Å². The number of hydrogen-bond donors (Lipinski definition) is 2. The first kappa shape index (κ1) is 21.8. The Bertz CT molecular complexity index is 1290. The van der Waals surface area contributed by atoms with Crippen LogP contribution in [0, 0.1) is 5.82 Å². The third-order valence-corrected chi connectivity index (χ3v) is 6.11. The Hall–Kier alpha value is -4.04. The number of halogens is 1. The van der Waals surface area contributed by atoms with Crippen molar-refractivity contribution in [2.45, 2.75) is 12.1 Å². The van der Waals surface area contributed by atoms with Crippen LogP contribution >= 0.6 is 12.2 Å². The molecule has 1 fully saturated rings. The normalized spacial score (nSPS) is 17.4. The monoisotopic (exact) mass is 471 g/mol. The molecule has 0 aliphatic carbocycles. The van der Waals surface area contributed by atoms with E-state index >= 15 is 0 Å². The number of para-hydroxylation sites is 1. The van der Waals surface area contributed by atoms with Crippen LogP contribution in [-0.4, -0.2) is 32.0 Å². The molecule has 0 unspecified atom stereocenters. The zero-order valence-electron chi connectivity index (χ0n) is 18.1. The van der Waals surface area contributed by atoms with Crippen molar-refractivity contribution in [3.63, 3.8) is 0 Å². The number of carbonyl (C=O) groups is 1. The number of aromatic nitrogens is 2. The average molecular weight is 472 g/mol. The lowest BCUT2D eigenvalue weighted by molar-refractivity contribution is -0.116. The first-order valence-electron chi connectivity index (χ1n) is 10.9. The molecule has 2 aromatic carbocycles. The van der Waals surface area contributed by atoms with Crippen LogP contribution in [0.3, 0.4) is 0 Å². The minimum atomic E-state index is -0.316. The highest BCUT2D eigenvalue weighted by Crippen LogP contribution is 2.39. The van der Waals surface area contributed by atoms with Gasteiger partial charge in [-0.05, 0) is 72.9 Å². The van der Waals surface area contributed by atoms with Gasteiger partial charge in [-0.3, -0.25) is 9.78 Å². The number of hydrogen-bond acceptors (Lipinski definition) is 3. The van der Waals surface area contributed by atoms with Crippen LogP contribution < -0.4 is 10.6 Å². The predicted molar refractivity (Wildman–Crippen MR) is 133 cm³/mol. The van der Waals surface area contributed by atoms with E-state index in [1.54, 1.807) is 18.3 Å². The van der Waals surface area contributed by atoms with Crippen LogP contribution in [0.4, 0.5) is 10.1 Å². The van der Waals surface area contributed by atoms with E-state index in [1.165, 1.54) is 12.1 Å². The first-order chi connectivity index (χ1) is 16.6. The zero-order chi connectivity index (χ0) is 23.5. The van der Waals surface area contributed by atoms with Crippen molar-refractivity contribution in [1.82, 2.24) is 19.8 Å². The maximum atomic E-state index is 13.6. The van der Waals surface area contributed by atoms with Gasteiger partial charge in [0, 0.05) is 29.5 Å². The van der Waals surface area contributed by atoms with Crippen LogP contribution in [0.2, 0.25) is 0 Å². The second-order valence-electron chi connectivity index (χ2n) is 7.95. The molecule has 6 nitrogen and oxygen atoms in total. The van der Waals surface area contributed by atoms with Gasteiger partial charge >= 0.3 is 0 Å². The topological polar surface area (TPSA) is 62.2 Å². The Kier molecular flexibility index (Phi) is 6.05. The largest absolute Gasteiger partial charge is 0.352 e. The Labute approximate surface area is 202 Å². The third-order valence-electron chi connectivity index (χ3n) is 5.76. The summed E-state index contributed by atoms with van der Waals surface area (Å²) in [5, 5.41) is 6.76. The molecule has 0 radical (unpaired) electrons. The Morgan fingerprint density at radius 3 is 2.50 bits per heavy atom. The van der Waals surface area contributed by atoms with Crippen LogP contribution in [0.1, 0.15) is 23.5 Å². The number of nitrogens with zero attached hydrogens (tertiary/aromatic N) is 3. The van der Waals surface area contributed by atoms with Gasteiger partial charge in [-0.2, -0.15) is 0 Å². The molecule has 0 bridgehead atoms. The lowest BCUT2D eigenvalue weighted by Crippen LogP contribution is -2.37. The summed E-state index contributed by atoms with van der Waals surface area (Å²) in [6.45, 7) is 0.0589. The molecular formula is C26H22FN5OS. The van der Waals surface area contributed by atoms with Gasteiger partial charge in [0.25, 0.3) is 0 Å². The van der Waals surface area contributed by atoms with E-state index in [9.17, 15) is 9.18 Å². The molecule has 0 saturated carbocycles. The standard InChI is InChI=1S/C26H22FN5OS/c27-18-11-13-20(14-12-18)31-16-6-10-22(31)25-24(21-9-4-5-15-28-21)30-26(34)32(25)17-23(33)29-19-7-2-1-3-8-19/h1-16,24-25H,17H2,(H,29,33)(H,30,34)/t24-,25-/m0/s1. The molecule has 1 saturated heterocycles. The molecule has 3 heterocycles. The summed E-state index contributed by atoms with van der Waals surface area (Å²) < 4.78 is 15.5. The number of thiocarbonyl (C=S) groups is 1. The molecule has 4 aromatic rings. The summed E-state index contributed by atoms with van der Waals surface area (Å²) in [6.07, 6.45) is 3.66. The maximum Gasteiger partial charge on any atom is 0.244 e. The number of rotatable bonds is 6. The lowest BCUT2D eigenvalue weighted by atomic mass is 10.0. The van der Waals surface area contributed by atoms with Crippen molar-refractivity contribution in [2.24, 2.45) is 0 Å². The summed E-state index contributed by atoms with van der Waals surface area (Å²) in [5.41, 5.74) is 3.25. The molecule has 0 spiro atoms. The zero-order valence-corrected chi connectivity index (χ0v) is 19.0. The van der Waals surface area contributed by atoms with Crippen LogP contribution in [0.15, 0.2) is 97.3 Å². The first-order valence-corrected chi connectivity index (χ1v) is 11.3. The van der Waals surface area contributed by atoms with Crippen molar-refractivity contribution in [1.29, 1.82) is 0 Å². The predicted octanol–water partition coefficient (Wildman–Crippen LogP) is 4.62. The molecule has 1 aliphatic heterocycles. The smallest absolute Gasteiger partial charge is 0.244 e. The van der Waals surface area contributed by atoms with Gasteiger partial charge in [-0.25, -0.2) is 4.39 Å². The van der Waals surface area contributed by atoms with Gasteiger partial charge in [0.15, 0.2) is 5.11 Å². The molecule has 34 heavy (non-hydrogen) atoms. The molecule has 170 valence electrons. The second-order valence-corrected chi connectivity index (χ2v) is 8.33. The van der Waals surface area contributed by atoms with E-state index in [0.29, 0.717) is 5.11 Å². The van der Waals surface area contributed by atoms with Crippen LogP contribution in [0.5, 0.6) is 0 Å². The molecule has 8 heteroatoms. The maximum absolute atomic E-state index is 13.6. The molecule has 5 rings (SSSR count). The molecule has 2 N–H and O–H groups in total. The summed E-state index contributed by atoms with van der Waals surface area (Å²) in [4.78, 5) is 19.4. The SMILES string of the molecule is O=C(CN1C(=S)N[C@@H](c2ccccn2)[C@@H]1c1cccn1-c1ccc(F)cc1)Nc1ccccc1. The van der Waals surface area contributed by atoms with Crippen molar-refractivity contribution in [3.05, 3.63) is 115 Å². The van der Waals surface area contributed by atoms with Gasteiger partial charge in [0.1, 0.15) is 12.4 Å². The summed E-state index contributed by atoms with van der Waals surface area (Å²) in [6, 6.07) is 24.7. The van der Waals surface area contributed by atoms with Crippen molar-refractivity contribution in [3.8, 4) is 5.69 Å². The van der Waals surface area contributed by atoms with Crippen molar-refractivity contribution in [2.75, 3.05) is 11.9 Å². The van der Waals surface area contributed by atoms with Gasteiger partial charge in [-0.1, -0.05) is 24.3 Å². The summed E-state index contributed by atoms with van der Waals surface area (Å²) >= 11 is 5.68. The summed E-state index contributed by atoms with van der Waals surface area (Å²) in [5.74, 6) is -0.478. The Morgan fingerprint density at radius 1 is 1.00 bits per heavy atom. The van der Waals surface area contributed by atoms with Gasteiger partial charge in [0.05, 0.1) is 17.8 Å². The Morgan fingerprint density at radius 2 is 1.76 bits per heavy atom. The average Bonchev–Trinajstić information content (AvgIpc) is 3.45. The fraction of sp³-hybridized carbons (Fsp3) is 0.115. The van der Waals surface area contributed by atoms with E-state index in [1.807, 2.05) is 76.3 Å². The van der Waals surface area contributed by atoms with Gasteiger partial charge in [0.2, 0.25) is 5.91 Å². The fourth-order valence-electron chi connectivity index (χ4n) is 4.25. The van der Waals surface area contributed by atoms with Crippen molar-refractivity contribution >= 4 is 28.9 Å². The molecule has 2 atom stereocenters. The quantitative estimate of drug-likeness (QED) is 0.402. The second kappa shape index (κ2) is 9.44. The van der Waals surface area contributed by atoms with Crippen LogP contribution in [-0.2, 0) is 4.79 Å². The number of pyridine rings is 1. The number of carbonyl (C=O) groups excluding carboxylic acids is 1. The van der Waals surface area contributed by atoms with Crippen LogP contribution in [0.25, 0.3) is 5.69 Å². The molecule has 1 aliphatic rings. The highest BCUT2D eigenvalue weighted by molar-refractivity contribution is 7.80. The number of nitrogens with one attached hydrogen (secondary N) is 2. The molecular weight excluding hydrogens is 449 g/mol. The summed E-state index contributed by atoms with van der Waals surface area (Å²) in [7, 11) is 0. The molecule has 2 aromatic heterocycles. The number of anilines is 1. The minimum absolute atomic E-state index is 0.0589. The highest BCUT2D eigenvalue weighted by atomic mass is 32.1. The fourth-order valence-corrected chi connectivity index (χ4v) is 4.55. The van der Waals surface area contributed by atoms with E-state index < -0.39 is 0 Å². The highest BCUT2D eigenvalue weighted by Gasteiger charge is 2.42.